The van der Waals surface area contributed by atoms with E-state index < -0.39 is 72.2 Å². The number of likely N-dealkylation sites (N-methyl/N-ethyl adjacent to an activating group) is 1. The molecule has 25 heteroatoms. The van der Waals surface area contributed by atoms with E-state index in [1.807, 2.05) is 14.0 Å². The lowest BCUT2D eigenvalue weighted by molar-refractivity contribution is -0.135. The third-order valence-corrected chi connectivity index (χ3v) is 11.5. The second-order valence-electron chi connectivity index (χ2n) is 17.2. The molecule has 2 unspecified atom stereocenters. The number of aliphatic imine (C=N–C) groups is 2. The third-order valence-electron chi connectivity index (χ3n) is 11.5. The van der Waals surface area contributed by atoms with Crippen LogP contribution in [0.2, 0.25) is 0 Å². The second-order valence-corrected chi connectivity index (χ2v) is 17.2. The predicted molar refractivity (Wildman–Crippen MR) is 269 cm³/mol. The fourth-order valence-electron chi connectivity index (χ4n) is 7.87. The molecule has 0 bridgehead atoms. The Bertz CT molecular complexity index is 2340. The van der Waals surface area contributed by atoms with Crippen LogP contribution in [0.4, 0.5) is 0 Å². The maximum atomic E-state index is 14.3. The summed E-state index contributed by atoms with van der Waals surface area (Å²) in [6.07, 6.45) is 2.28. The molecule has 0 aliphatic carbocycles. The number of nitrogens with one attached hydrogen (secondary N) is 8. The van der Waals surface area contributed by atoms with Crippen molar-refractivity contribution in [2.75, 3.05) is 66.2 Å². The number of H-pyrrole nitrogens is 1. The molecule has 0 spiro atoms. The van der Waals surface area contributed by atoms with Crippen molar-refractivity contribution in [3.63, 3.8) is 0 Å². The Morgan fingerprint density at radius 3 is 2.06 bits per heavy atom. The number of para-hydroxylation sites is 1. The van der Waals surface area contributed by atoms with Crippen LogP contribution in [0.25, 0.3) is 10.9 Å². The third kappa shape index (κ3) is 19.0. The quantitative estimate of drug-likeness (QED) is 0.0178. The molecule has 1 fully saturated rings. The molecule has 1 aromatic heterocycles. The summed E-state index contributed by atoms with van der Waals surface area (Å²) in [5.41, 5.74) is 23.7. The number of amides is 7. The number of nitrogens with two attached hydrogens (primary N) is 4. The van der Waals surface area contributed by atoms with Crippen molar-refractivity contribution in [2.45, 2.75) is 88.6 Å². The zero-order valence-electron chi connectivity index (χ0n) is 41.0. The van der Waals surface area contributed by atoms with E-state index in [1.165, 1.54) is 19.1 Å². The molecule has 6 atom stereocenters. The van der Waals surface area contributed by atoms with Crippen molar-refractivity contribution in [3.05, 3.63) is 65.9 Å². The van der Waals surface area contributed by atoms with Gasteiger partial charge in [-0.25, -0.2) is 0 Å². The lowest BCUT2D eigenvalue weighted by Gasteiger charge is -2.25. The Kier molecular flexibility index (Phi) is 23.5. The number of phenolic OH excluding ortho intramolecular Hbond substituents is 1. The van der Waals surface area contributed by atoms with Gasteiger partial charge < -0.3 is 84.6 Å². The van der Waals surface area contributed by atoms with Gasteiger partial charge in [0.1, 0.15) is 36.0 Å². The van der Waals surface area contributed by atoms with E-state index in [0.29, 0.717) is 61.4 Å². The lowest BCUT2D eigenvalue weighted by atomic mass is 10.0. The summed E-state index contributed by atoms with van der Waals surface area (Å²) in [7, 11) is 1.83. The van der Waals surface area contributed by atoms with Crippen LogP contribution in [-0.2, 0) is 49.5 Å². The summed E-state index contributed by atoms with van der Waals surface area (Å²) in [6.45, 7) is 5.29. The number of guanidine groups is 2. The normalized spacial score (nSPS) is 15.9. The smallest absolute Gasteiger partial charge is 0.247 e. The number of ether oxygens (including phenoxy) is 2. The van der Waals surface area contributed by atoms with E-state index in [0.717, 1.165) is 0 Å². The van der Waals surface area contributed by atoms with E-state index in [1.54, 1.807) is 47.5 Å². The summed E-state index contributed by atoms with van der Waals surface area (Å²) in [5, 5.41) is 29.6. The topological polar surface area (TPSA) is 390 Å². The minimum atomic E-state index is -1.34. The van der Waals surface area contributed by atoms with Crippen LogP contribution in [0.1, 0.15) is 63.1 Å². The highest BCUT2D eigenvalue weighted by Crippen LogP contribution is 2.25. The first kappa shape index (κ1) is 57.1. The monoisotopic (exact) mass is 1010 g/mol. The lowest BCUT2D eigenvalue weighted by Crippen LogP contribution is -2.57. The number of aromatic nitrogens is 1. The minimum Gasteiger partial charge on any atom is -0.508 e. The average Bonchev–Trinajstić information content (AvgIpc) is 3.88. The first-order valence-electron chi connectivity index (χ1n) is 23.8. The highest BCUT2D eigenvalue weighted by molar-refractivity contribution is 5.98. The van der Waals surface area contributed by atoms with Gasteiger partial charge in [-0.15, -0.1) is 0 Å². The van der Waals surface area contributed by atoms with Crippen molar-refractivity contribution in [3.8, 4) is 5.75 Å². The van der Waals surface area contributed by atoms with Crippen molar-refractivity contribution < 1.29 is 48.1 Å². The number of benzene rings is 2. The van der Waals surface area contributed by atoms with Gasteiger partial charge in [0, 0.05) is 68.2 Å². The van der Waals surface area contributed by atoms with Crippen LogP contribution in [0.15, 0.2) is 64.7 Å². The molecule has 2 aromatic carbocycles. The number of rotatable bonds is 31. The molecule has 2 heterocycles. The second kappa shape index (κ2) is 29.6. The van der Waals surface area contributed by atoms with Crippen molar-refractivity contribution >= 4 is 64.2 Å². The zero-order chi connectivity index (χ0) is 52.6. The molecule has 7 amide bonds. The first-order valence-corrected chi connectivity index (χ1v) is 23.8. The van der Waals surface area contributed by atoms with Crippen molar-refractivity contribution in [2.24, 2.45) is 32.9 Å². The van der Waals surface area contributed by atoms with Crippen LogP contribution in [0.3, 0.4) is 0 Å². The molecule has 0 radical (unpaired) electrons. The van der Waals surface area contributed by atoms with Gasteiger partial charge in [0.25, 0.3) is 0 Å². The maximum absolute atomic E-state index is 14.3. The number of likely N-dealkylation sites (tertiary alicyclic amines) is 1. The predicted octanol–water partition coefficient (Wildman–Crippen LogP) is -2.67. The zero-order valence-corrected chi connectivity index (χ0v) is 41.0. The number of hydrogen-bond acceptors (Lipinski definition) is 13. The highest BCUT2D eigenvalue weighted by Gasteiger charge is 2.39. The van der Waals surface area contributed by atoms with Crippen LogP contribution >= 0.6 is 0 Å². The van der Waals surface area contributed by atoms with Gasteiger partial charge in [0.2, 0.25) is 41.4 Å². The van der Waals surface area contributed by atoms with Crippen LogP contribution < -0.4 is 60.2 Å². The van der Waals surface area contributed by atoms with Gasteiger partial charge in [0.05, 0.1) is 33.0 Å². The fourth-order valence-corrected chi connectivity index (χ4v) is 7.87. The number of aromatic hydroxyl groups is 1. The molecular weight excluding hydrogens is 935 g/mol. The summed E-state index contributed by atoms with van der Waals surface area (Å²) in [5.74, 6) is -4.94. The summed E-state index contributed by atoms with van der Waals surface area (Å²) in [4.78, 5) is 108. The summed E-state index contributed by atoms with van der Waals surface area (Å²) in [6, 6.07) is 6.96. The number of phenols is 1. The molecular formula is C47H71N15O10. The van der Waals surface area contributed by atoms with Crippen LogP contribution in [0, 0.1) is 0 Å². The molecule has 1 saturated heterocycles. The van der Waals surface area contributed by atoms with Crippen molar-refractivity contribution in [1.29, 1.82) is 0 Å². The van der Waals surface area contributed by atoms with E-state index in [9.17, 15) is 38.7 Å². The molecule has 1 aliphatic rings. The largest absolute Gasteiger partial charge is 0.508 e. The number of carbonyl (C=O) groups excluding carboxylic acids is 7. The van der Waals surface area contributed by atoms with Crippen LogP contribution in [-0.4, -0.2) is 165 Å². The molecule has 4 rings (SSSR count). The number of fused-ring (bicyclic) bond motifs is 1. The molecule has 1 aliphatic heterocycles. The van der Waals surface area contributed by atoms with Crippen LogP contribution in [0.5, 0.6) is 5.75 Å². The van der Waals surface area contributed by atoms with Gasteiger partial charge in [-0.05, 0) is 69.8 Å². The van der Waals surface area contributed by atoms with Gasteiger partial charge in [-0.2, -0.15) is 0 Å². The maximum Gasteiger partial charge on any atom is 0.247 e. The average molecular weight is 1010 g/mol. The molecule has 25 nitrogen and oxygen atoms in total. The minimum absolute atomic E-state index is 0.0299. The van der Waals surface area contributed by atoms with Gasteiger partial charge in [-0.3, -0.25) is 43.5 Å². The molecule has 3 aromatic rings. The Labute approximate surface area is 417 Å². The van der Waals surface area contributed by atoms with E-state index in [-0.39, 0.29) is 81.4 Å². The van der Waals surface area contributed by atoms with E-state index in [4.69, 9.17) is 32.4 Å². The fraction of sp³-hybridized carbons (Fsp3) is 0.511. The Balaban J connectivity index is 1.46. The van der Waals surface area contributed by atoms with Crippen molar-refractivity contribution in [1.82, 2.24) is 47.1 Å². The van der Waals surface area contributed by atoms with Gasteiger partial charge in [0.15, 0.2) is 11.9 Å². The van der Waals surface area contributed by atoms with Gasteiger partial charge >= 0.3 is 0 Å². The van der Waals surface area contributed by atoms with Gasteiger partial charge in [-0.1, -0.05) is 30.3 Å². The first-order chi connectivity index (χ1) is 34.5. The van der Waals surface area contributed by atoms with E-state index in [2.05, 4.69) is 52.2 Å². The summed E-state index contributed by atoms with van der Waals surface area (Å²) >= 11 is 0. The molecule has 394 valence electrons. The number of nitrogens with zero attached hydrogens (tertiary/aromatic N) is 3. The Morgan fingerprint density at radius 1 is 0.792 bits per heavy atom. The number of aromatic amines is 1. The molecule has 17 N–H and O–H groups in total. The SMILES string of the molecule is CNCCOCCOCCN1C(=O)[C@@H](NC(=O)[C@H](CCCN=C(N)N)NC(=O)CNC(=O)[C@H](CCCN=C(N)N)NC(=O)[C@H](Cc2ccc(O)cc2)NC(=O)C(NC(C)=O)c2c[nH]c3ccccc23)CC1C. The Morgan fingerprint density at radius 2 is 1.42 bits per heavy atom. The highest BCUT2D eigenvalue weighted by atomic mass is 16.5. The number of carbonyl (C=O) groups is 7. The molecule has 72 heavy (non-hydrogen) atoms. The molecule has 0 saturated carbocycles. The standard InChI is InChI=1S/C47H71N15O10/c1-28-24-38(45(70)62(28)19-21-72-23-22-71-20-18-52-3)61-42(67)36(11-7-17-54-47(50)51)58-39(65)27-56-41(66)35(10-6-16-53-46(48)49)59-43(68)37(25-30-12-14-31(64)15-13-30)60-44(69)40(57-29(2)63)33-26-55-34-9-5-4-8-32(33)34/h4-5,8-9,12-15,26,28,35-38,40,52,55,64H,6-7,10-11,16-25,27H2,1-3H3,(H,56,66)(H,57,63)(H,58,65)(H,59,68)(H,60,69)(H,61,67)(H4,48,49,53)(H4,50,51,54)/t28?,35-,36-,37-,38-,40?/m0/s1. The Hall–Kier alpha value is -7.51. The van der Waals surface area contributed by atoms with E-state index >= 15 is 0 Å². The number of hydrogen-bond donors (Lipinski definition) is 13. The summed E-state index contributed by atoms with van der Waals surface area (Å²) < 4.78 is 11.1.